The van der Waals surface area contributed by atoms with E-state index in [9.17, 15) is 0 Å². The Labute approximate surface area is 207 Å². The largest absolute Gasteiger partial charge is 0.380 e. The van der Waals surface area contributed by atoms with E-state index in [1.54, 1.807) is 0 Å². The van der Waals surface area contributed by atoms with E-state index in [0.717, 1.165) is 50.2 Å². The lowest BCUT2D eigenvalue weighted by atomic mass is 9.97. The number of nitrogens with one attached hydrogen (secondary N) is 1. The highest BCUT2D eigenvalue weighted by molar-refractivity contribution is 9.10. The standard InChI is InChI=1S/C27H27BrN6/c1-27(2,3)18-34-23-15-14-22(24(28)26(23)30-32-34)29-16-20-17-33(21-12-8-5-9-13-21)31-25(20)19-10-6-4-7-11-19/h4-15,17,29H,16,18H2,1-3H3. The number of hydrogen-bond acceptors (Lipinski definition) is 4. The van der Waals surface area contributed by atoms with E-state index < -0.39 is 0 Å². The van der Waals surface area contributed by atoms with Crippen LogP contribution in [-0.2, 0) is 13.1 Å². The molecule has 34 heavy (non-hydrogen) atoms. The summed E-state index contributed by atoms with van der Waals surface area (Å²) in [7, 11) is 0. The zero-order chi connectivity index (χ0) is 23.7. The van der Waals surface area contributed by atoms with Gasteiger partial charge in [-0.3, -0.25) is 0 Å². The minimum atomic E-state index is 0.122. The number of hydrogen-bond donors (Lipinski definition) is 1. The molecule has 0 aliphatic carbocycles. The number of para-hydroxylation sites is 1. The molecule has 7 heteroatoms. The molecule has 0 fully saturated rings. The molecular formula is C27H27BrN6. The third-order valence-electron chi connectivity index (χ3n) is 5.58. The highest BCUT2D eigenvalue weighted by Gasteiger charge is 2.18. The Morgan fingerprint density at radius 1 is 0.912 bits per heavy atom. The second kappa shape index (κ2) is 9.06. The predicted octanol–water partition coefficient (Wildman–Crippen LogP) is 6.70. The van der Waals surface area contributed by atoms with Crippen LogP contribution in [0, 0.1) is 5.41 Å². The molecule has 5 rings (SSSR count). The zero-order valence-corrected chi connectivity index (χ0v) is 21.1. The van der Waals surface area contributed by atoms with Crippen molar-refractivity contribution in [3.05, 3.63) is 89.0 Å². The van der Waals surface area contributed by atoms with Crippen molar-refractivity contribution in [3.8, 4) is 16.9 Å². The first-order valence-electron chi connectivity index (χ1n) is 11.3. The summed E-state index contributed by atoms with van der Waals surface area (Å²) in [5, 5.41) is 17.3. The van der Waals surface area contributed by atoms with Gasteiger partial charge in [-0.15, -0.1) is 5.10 Å². The fourth-order valence-electron chi connectivity index (χ4n) is 3.99. The lowest BCUT2D eigenvalue weighted by Crippen LogP contribution is -2.16. The first kappa shape index (κ1) is 22.3. The molecule has 1 N–H and O–H groups in total. The van der Waals surface area contributed by atoms with Gasteiger partial charge >= 0.3 is 0 Å². The van der Waals surface area contributed by atoms with E-state index in [4.69, 9.17) is 5.10 Å². The van der Waals surface area contributed by atoms with Crippen LogP contribution in [0.3, 0.4) is 0 Å². The Morgan fingerprint density at radius 3 is 2.32 bits per heavy atom. The van der Waals surface area contributed by atoms with Crippen molar-refractivity contribution in [1.29, 1.82) is 0 Å². The molecule has 0 spiro atoms. The molecule has 0 aliphatic heterocycles. The lowest BCUT2D eigenvalue weighted by molar-refractivity contribution is 0.327. The van der Waals surface area contributed by atoms with E-state index in [-0.39, 0.29) is 5.41 Å². The fourth-order valence-corrected chi connectivity index (χ4v) is 4.54. The van der Waals surface area contributed by atoms with Crippen molar-refractivity contribution < 1.29 is 0 Å². The maximum atomic E-state index is 4.91. The molecule has 0 aliphatic rings. The summed E-state index contributed by atoms with van der Waals surface area (Å²) < 4.78 is 4.83. The fraction of sp³-hybridized carbons (Fsp3) is 0.222. The van der Waals surface area contributed by atoms with E-state index in [1.807, 2.05) is 45.8 Å². The van der Waals surface area contributed by atoms with Crippen LogP contribution < -0.4 is 5.32 Å². The highest BCUT2D eigenvalue weighted by Crippen LogP contribution is 2.32. The maximum absolute atomic E-state index is 4.91. The number of rotatable bonds is 6. The van der Waals surface area contributed by atoms with Crippen molar-refractivity contribution in [3.63, 3.8) is 0 Å². The predicted molar refractivity (Wildman–Crippen MR) is 141 cm³/mol. The summed E-state index contributed by atoms with van der Waals surface area (Å²) in [5.74, 6) is 0. The van der Waals surface area contributed by atoms with Crippen LogP contribution in [0.4, 0.5) is 5.69 Å². The Bertz CT molecular complexity index is 1410. The van der Waals surface area contributed by atoms with Gasteiger partial charge in [0.25, 0.3) is 0 Å². The molecule has 0 unspecified atom stereocenters. The van der Waals surface area contributed by atoms with Gasteiger partial charge in [0.2, 0.25) is 0 Å². The van der Waals surface area contributed by atoms with Gasteiger partial charge in [0.1, 0.15) is 5.52 Å². The molecule has 3 aromatic carbocycles. The van der Waals surface area contributed by atoms with Crippen molar-refractivity contribution >= 4 is 32.7 Å². The van der Waals surface area contributed by atoms with Gasteiger partial charge in [0, 0.05) is 30.4 Å². The third kappa shape index (κ3) is 4.61. The SMILES string of the molecule is CC(C)(C)Cn1nnc2c(Br)c(NCc3cn(-c4ccccc4)nc3-c3ccccc3)ccc21. The summed E-state index contributed by atoms with van der Waals surface area (Å²) in [6, 6.07) is 24.6. The molecule has 0 radical (unpaired) electrons. The highest BCUT2D eigenvalue weighted by atomic mass is 79.9. The first-order chi connectivity index (χ1) is 16.4. The van der Waals surface area contributed by atoms with Crippen molar-refractivity contribution in [2.75, 3.05) is 5.32 Å². The van der Waals surface area contributed by atoms with Crippen LogP contribution in [0.1, 0.15) is 26.3 Å². The van der Waals surface area contributed by atoms with Crippen molar-refractivity contribution in [2.45, 2.75) is 33.9 Å². The van der Waals surface area contributed by atoms with Crippen LogP contribution in [-0.4, -0.2) is 24.8 Å². The van der Waals surface area contributed by atoms with Crippen LogP contribution in [0.2, 0.25) is 0 Å². The van der Waals surface area contributed by atoms with Gasteiger partial charge in [-0.2, -0.15) is 5.10 Å². The minimum Gasteiger partial charge on any atom is -0.380 e. The van der Waals surface area contributed by atoms with Gasteiger partial charge < -0.3 is 5.32 Å². The number of halogens is 1. The summed E-state index contributed by atoms with van der Waals surface area (Å²) in [6.07, 6.45) is 2.09. The number of benzene rings is 3. The Kier molecular flexibility index (Phi) is 5.96. The molecule has 6 nitrogen and oxygen atoms in total. The maximum Gasteiger partial charge on any atom is 0.129 e. The lowest BCUT2D eigenvalue weighted by Gasteiger charge is -2.18. The Morgan fingerprint density at radius 2 is 1.62 bits per heavy atom. The monoisotopic (exact) mass is 514 g/mol. The van der Waals surface area contributed by atoms with Crippen molar-refractivity contribution in [1.82, 2.24) is 24.8 Å². The first-order valence-corrected chi connectivity index (χ1v) is 12.1. The average molecular weight is 515 g/mol. The van der Waals surface area contributed by atoms with Gasteiger partial charge in [0.15, 0.2) is 0 Å². The van der Waals surface area contributed by atoms with Gasteiger partial charge in [-0.25, -0.2) is 9.36 Å². The summed E-state index contributed by atoms with van der Waals surface area (Å²) in [6.45, 7) is 8.03. The average Bonchev–Trinajstić information content (AvgIpc) is 3.44. The molecule has 172 valence electrons. The second-order valence-corrected chi connectivity index (χ2v) is 10.4. The van der Waals surface area contributed by atoms with Crippen molar-refractivity contribution in [2.24, 2.45) is 5.41 Å². The Balaban J connectivity index is 1.46. The topological polar surface area (TPSA) is 60.6 Å². The number of nitrogens with zero attached hydrogens (tertiary/aromatic N) is 5. The van der Waals surface area contributed by atoms with Crippen LogP contribution in [0.5, 0.6) is 0 Å². The molecule has 2 heterocycles. The summed E-state index contributed by atoms with van der Waals surface area (Å²) in [4.78, 5) is 0. The smallest absolute Gasteiger partial charge is 0.129 e. The third-order valence-corrected chi connectivity index (χ3v) is 6.38. The van der Waals surface area contributed by atoms with E-state index in [1.165, 1.54) is 0 Å². The molecule has 0 saturated carbocycles. The van der Waals surface area contributed by atoms with Gasteiger partial charge in [-0.05, 0) is 45.6 Å². The molecule has 5 aromatic rings. The molecular weight excluding hydrogens is 488 g/mol. The van der Waals surface area contributed by atoms with Gasteiger partial charge in [0.05, 0.1) is 27.1 Å². The molecule has 0 amide bonds. The molecule has 0 bridgehead atoms. The number of fused-ring (bicyclic) bond motifs is 1. The summed E-state index contributed by atoms with van der Waals surface area (Å²) in [5.41, 5.74) is 7.17. The summed E-state index contributed by atoms with van der Waals surface area (Å²) >= 11 is 3.75. The zero-order valence-electron chi connectivity index (χ0n) is 19.5. The van der Waals surface area contributed by atoms with Crippen LogP contribution >= 0.6 is 15.9 Å². The van der Waals surface area contributed by atoms with E-state index in [0.29, 0.717) is 6.54 Å². The molecule has 0 saturated heterocycles. The van der Waals surface area contributed by atoms with Crippen LogP contribution in [0.25, 0.3) is 28.0 Å². The minimum absolute atomic E-state index is 0.122. The number of anilines is 1. The quantitative estimate of drug-likeness (QED) is 0.273. The second-order valence-electron chi connectivity index (χ2n) is 9.61. The number of aromatic nitrogens is 5. The van der Waals surface area contributed by atoms with Crippen LogP contribution in [0.15, 0.2) is 83.5 Å². The molecule has 0 atom stereocenters. The van der Waals surface area contributed by atoms with Gasteiger partial charge in [-0.1, -0.05) is 74.5 Å². The normalized spacial score (nSPS) is 11.8. The van der Waals surface area contributed by atoms with E-state index >= 15 is 0 Å². The Hall–Kier alpha value is -3.45. The van der Waals surface area contributed by atoms with E-state index in [2.05, 4.69) is 94.9 Å². The molecule has 2 aromatic heterocycles.